The second-order valence-electron chi connectivity index (χ2n) is 9.75. The SMILES string of the molecule is CCc1c(C)ncc(-c2ccc(NCCOc3ccc(Cl)cc3)cn2)c1N1CCC(C)(C)CC1. The van der Waals surface area contributed by atoms with Gasteiger partial charge in [0.05, 0.1) is 23.3 Å². The molecule has 3 aromatic rings. The van der Waals surface area contributed by atoms with Gasteiger partial charge in [-0.05, 0) is 73.6 Å². The molecule has 3 heterocycles. The number of anilines is 2. The molecule has 0 radical (unpaired) electrons. The van der Waals surface area contributed by atoms with Crippen molar-refractivity contribution in [3.8, 4) is 17.0 Å². The maximum Gasteiger partial charge on any atom is 0.119 e. The van der Waals surface area contributed by atoms with Crippen LogP contribution in [0, 0.1) is 12.3 Å². The Morgan fingerprint density at radius 2 is 1.76 bits per heavy atom. The first-order valence-electron chi connectivity index (χ1n) is 12.2. The van der Waals surface area contributed by atoms with Crippen molar-refractivity contribution in [1.82, 2.24) is 9.97 Å². The molecule has 6 heteroatoms. The van der Waals surface area contributed by atoms with Crippen molar-refractivity contribution in [2.24, 2.45) is 5.41 Å². The summed E-state index contributed by atoms with van der Waals surface area (Å²) in [6.07, 6.45) is 7.26. The van der Waals surface area contributed by atoms with E-state index < -0.39 is 0 Å². The first kappa shape index (κ1) is 24.3. The van der Waals surface area contributed by atoms with Gasteiger partial charge in [-0.15, -0.1) is 0 Å². The van der Waals surface area contributed by atoms with Crippen LogP contribution in [0.25, 0.3) is 11.3 Å². The van der Waals surface area contributed by atoms with Gasteiger partial charge in [0.2, 0.25) is 0 Å². The van der Waals surface area contributed by atoms with E-state index in [0.29, 0.717) is 23.6 Å². The highest BCUT2D eigenvalue weighted by Crippen LogP contribution is 2.39. The molecular weight excluding hydrogens is 444 g/mol. The van der Waals surface area contributed by atoms with E-state index in [0.717, 1.165) is 47.9 Å². The van der Waals surface area contributed by atoms with Crippen LogP contribution >= 0.6 is 11.6 Å². The summed E-state index contributed by atoms with van der Waals surface area (Å²) in [5.41, 5.74) is 7.24. The van der Waals surface area contributed by atoms with Crippen molar-refractivity contribution in [2.75, 3.05) is 36.5 Å². The Labute approximate surface area is 208 Å². The van der Waals surface area contributed by atoms with E-state index >= 15 is 0 Å². The molecule has 2 aromatic heterocycles. The maximum atomic E-state index is 5.92. The Hall–Kier alpha value is -2.79. The normalized spacial score (nSPS) is 15.3. The zero-order chi connectivity index (χ0) is 24.1. The summed E-state index contributed by atoms with van der Waals surface area (Å²) in [5.74, 6) is 0.812. The number of hydrogen-bond acceptors (Lipinski definition) is 5. The molecule has 1 aliphatic rings. The Morgan fingerprint density at radius 3 is 2.41 bits per heavy atom. The van der Waals surface area contributed by atoms with Gasteiger partial charge in [-0.3, -0.25) is 9.97 Å². The standard InChI is InChI=1S/C28H35ClN4O/c1-5-24-20(2)31-19-25(27(24)33-15-12-28(3,4)13-16-33)26-11-8-22(18-32-26)30-14-17-34-23-9-6-21(29)7-10-23/h6-11,18-19,30H,5,12-17H2,1-4H3. The van der Waals surface area contributed by atoms with Gasteiger partial charge in [-0.2, -0.15) is 0 Å². The first-order valence-corrected chi connectivity index (χ1v) is 12.6. The average Bonchev–Trinajstić information content (AvgIpc) is 2.83. The van der Waals surface area contributed by atoms with E-state index in [4.69, 9.17) is 26.3 Å². The minimum Gasteiger partial charge on any atom is -0.492 e. The van der Waals surface area contributed by atoms with Crippen LogP contribution in [0.3, 0.4) is 0 Å². The lowest BCUT2D eigenvalue weighted by Crippen LogP contribution is -2.38. The maximum absolute atomic E-state index is 5.92. The highest BCUT2D eigenvalue weighted by Gasteiger charge is 2.28. The van der Waals surface area contributed by atoms with Crippen LogP contribution in [0.2, 0.25) is 5.02 Å². The third-order valence-corrected chi connectivity index (χ3v) is 6.96. The van der Waals surface area contributed by atoms with Crippen LogP contribution in [-0.2, 0) is 6.42 Å². The molecule has 34 heavy (non-hydrogen) atoms. The Morgan fingerprint density at radius 1 is 1.03 bits per heavy atom. The fraction of sp³-hybridized carbons (Fsp3) is 0.429. The summed E-state index contributed by atoms with van der Waals surface area (Å²) in [6, 6.07) is 11.6. The first-order chi connectivity index (χ1) is 16.4. The van der Waals surface area contributed by atoms with E-state index in [1.54, 1.807) is 0 Å². The lowest BCUT2D eigenvalue weighted by Gasteiger charge is -2.40. The summed E-state index contributed by atoms with van der Waals surface area (Å²) < 4.78 is 5.75. The number of piperidine rings is 1. The van der Waals surface area contributed by atoms with Gasteiger partial charge in [-0.25, -0.2) is 0 Å². The summed E-state index contributed by atoms with van der Waals surface area (Å²) in [5, 5.41) is 4.09. The third kappa shape index (κ3) is 5.82. The fourth-order valence-corrected chi connectivity index (χ4v) is 4.62. The van der Waals surface area contributed by atoms with E-state index in [-0.39, 0.29) is 0 Å². The third-order valence-electron chi connectivity index (χ3n) is 6.70. The van der Waals surface area contributed by atoms with Crippen LogP contribution in [0.1, 0.15) is 44.9 Å². The summed E-state index contributed by atoms with van der Waals surface area (Å²) in [4.78, 5) is 12.1. The molecule has 0 amide bonds. The average molecular weight is 479 g/mol. The van der Waals surface area contributed by atoms with Crippen molar-refractivity contribution >= 4 is 23.0 Å². The van der Waals surface area contributed by atoms with Crippen LogP contribution in [0.15, 0.2) is 48.8 Å². The van der Waals surface area contributed by atoms with Gasteiger partial charge in [0.1, 0.15) is 12.4 Å². The molecule has 1 aromatic carbocycles. The van der Waals surface area contributed by atoms with Gasteiger partial charge >= 0.3 is 0 Å². The minimum absolute atomic E-state index is 0.411. The van der Waals surface area contributed by atoms with Gasteiger partial charge in [0.15, 0.2) is 0 Å². The van der Waals surface area contributed by atoms with Crippen molar-refractivity contribution in [1.29, 1.82) is 0 Å². The number of benzene rings is 1. The predicted molar refractivity (Wildman–Crippen MR) is 142 cm³/mol. The molecule has 1 N–H and O–H groups in total. The van der Waals surface area contributed by atoms with E-state index in [1.807, 2.05) is 36.7 Å². The highest BCUT2D eigenvalue weighted by molar-refractivity contribution is 6.30. The molecule has 1 aliphatic heterocycles. The molecule has 1 fully saturated rings. The van der Waals surface area contributed by atoms with Crippen LogP contribution in [-0.4, -0.2) is 36.2 Å². The molecule has 0 unspecified atom stereocenters. The summed E-state index contributed by atoms with van der Waals surface area (Å²) in [7, 11) is 0. The van der Waals surface area contributed by atoms with E-state index in [1.165, 1.54) is 24.1 Å². The summed E-state index contributed by atoms with van der Waals surface area (Å²) >= 11 is 5.92. The highest BCUT2D eigenvalue weighted by atomic mass is 35.5. The minimum atomic E-state index is 0.411. The Kier molecular flexibility index (Phi) is 7.62. The molecule has 1 saturated heterocycles. The molecule has 0 saturated carbocycles. The molecule has 4 rings (SSSR count). The second kappa shape index (κ2) is 10.6. The predicted octanol–water partition coefficient (Wildman–Crippen LogP) is 6.79. The largest absolute Gasteiger partial charge is 0.492 e. The number of aromatic nitrogens is 2. The molecule has 0 spiro atoms. The lowest BCUT2D eigenvalue weighted by atomic mass is 9.82. The number of hydrogen-bond donors (Lipinski definition) is 1. The van der Waals surface area contributed by atoms with E-state index in [9.17, 15) is 0 Å². The van der Waals surface area contributed by atoms with Gasteiger partial charge < -0.3 is 15.0 Å². The van der Waals surface area contributed by atoms with Gasteiger partial charge in [0, 0.05) is 42.1 Å². The van der Waals surface area contributed by atoms with Crippen LogP contribution < -0.4 is 15.0 Å². The van der Waals surface area contributed by atoms with Crippen molar-refractivity contribution in [2.45, 2.75) is 47.0 Å². The monoisotopic (exact) mass is 478 g/mol. The Bertz CT molecular complexity index is 1090. The van der Waals surface area contributed by atoms with Crippen molar-refractivity contribution in [3.05, 3.63) is 65.1 Å². The molecule has 5 nitrogen and oxygen atoms in total. The van der Waals surface area contributed by atoms with E-state index in [2.05, 4.69) is 50.0 Å². The fourth-order valence-electron chi connectivity index (χ4n) is 4.49. The Balaban J connectivity index is 1.46. The topological polar surface area (TPSA) is 50.3 Å². The number of halogens is 1. The van der Waals surface area contributed by atoms with Crippen LogP contribution in [0.4, 0.5) is 11.4 Å². The zero-order valence-corrected chi connectivity index (χ0v) is 21.5. The second-order valence-corrected chi connectivity index (χ2v) is 10.2. The van der Waals surface area contributed by atoms with Crippen LogP contribution in [0.5, 0.6) is 5.75 Å². The molecule has 180 valence electrons. The summed E-state index contributed by atoms with van der Waals surface area (Å²) in [6.45, 7) is 12.5. The molecular formula is C28H35ClN4O. The van der Waals surface area contributed by atoms with Crippen molar-refractivity contribution in [3.63, 3.8) is 0 Å². The number of ether oxygens (including phenoxy) is 1. The molecule has 0 bridgehead atoms. The number of aryl methyl sites for hydroxylation is 1. The zero-order valence-electron chi connectivity index (χ0n) is 20.7. The quantitative estimate of drug-likeness (QED) is 0.361. The number of pyridine rings is 2. The molecule has 0 atom stereocenters. The number of rotatable bonds is 8. The van der Waals surface area contributed by atoms with Crippen molar-refractivity contribution < 1.29 is 4.74 Å². The lowest BCUT2D eigenvalue weighted by molar-refractivity contribution is 0.279. The molecule has 0 aliphatic carbocycles. The number of nitrogens with zero attached hydrogens (tertiary/aromatic N) is 3. The number of nitrogens with one attached hydrogen (secondary N) is 1. The van der Waals surface area contributed by atoms with Gasteiger partial charge in [-0.1, -0.05) is 32.4 Å². The van der Waals surface area contributed by atoms with Gasteiger partial charge in [0.25, 0.3) is 0 Å². The smallest absolute Gasteiger partial charge is 0.119 e.